The number of rotatable bonds is 7. The molecule has 1 heterocycles. The summed E-state index contributed by atoms with van der Waals surface area (Å²) >= 11 is 0. The number of benzene rings is 1. The molecule has 0 fully saturated rings. The topological polar surface area (TPSA) is 63.2 Å². The first-order chi connectivity index (χ1) is 10.3. The number of para-hydroxylation sites is 1. The van der Waals surface area contributed by atoms with Crippen molar-refractivity contribution in [3.8, 4) is 5.75 Å². The van der Waals surface area contributed by atoms with E-state index in [4.69, 9.17) is 4.74 Å². The van der Waals surface area contributed by atoms with Crippen molar-refractivity contribution in [2.45, 2.75) is 6.42 Å². The molecule has 0 aliphatic heterocycles. The molecule has 0 saturated heterocycles. The summed E-state index contributed by atoms with van der Waals surface area (Å²) in [6, 6.07) is 13.0. The highest BCUT2D eigenvalue weighted by Gasteiger charge is 2.05. The average molecular weight is 285 g/mol. The molecule has 0 bridgehead atoms. The fourth-order valence-corrected chi connectivity index (χ4v) is 1.79. The predicted octanol–water partition coefficient (Wildman–Crippen LogP) is 2.32. The summed E-state index contributed by atoms with van der Waals surface area (Å²) in [7, 11) is 1.77. The molecule has 5 heteroatoms. The second-order valence-corrected chi connectivity index (χ2v) is 4.45. The molecule has 2 N–H and O–H groups in total. The number of anilines is 1. The molecule has 2 aromatic rings. The van der Waals surface area contributed by atoms with E-state index in [-0.39, 0.29) is 5.91 Å². The Morgan fingerprint density at radius 2 is 2.05 bits per heavy atom. The number of hydrogen-bond donors (Lipinski definition) is 2. The van der Waals surface area contributed by atoms with Crippen LogP contribution in [0.5, 0.6) is 5.75 Å². The van der Waals surface area contributed by atoms with E-state index in [9.17, 15) is 4.79 Å². The summed E-state index contributed by atoms with van der Waals surface area (Å²) in [5.74, 6) is 1.42. The SMILES string of the molecule is CNc1cc(C(=O)NCCCOc2ccccc2)ccn1. The zero-order valence-electron chi connectivity index (χ0n) is 12.0. The van der Waals surface area contributed by atoms with Crippen LogP contribution in [0.25, 0.3) is 0 Å². The molecule has 110 valence electrons. The van der Waals surface area contributed by atoms with E-state index >= 15 is 0 Å². The lowest BCUT2D eigenvalue weighted by Crippen LogP contribution is -2.25. The number of amides is 1. The van der Waals surface area contributed by atoms with E-state index < -0.39 is 0 Å². The van der Waals surface area contributed by atoms with Crippen LogP contribution in [0.2, 0.25) is 0 Å². The minimum Gasteiger partial charge on any atom is -0.494 e. The predicted molar refractivity (Wildman–Crippen MR) is 82.7 cm³/mol. The zero-order valence-corrected chi connectivity index (χ0v) is 12.0. The number of carbonyl (C=O) groups is 1. The quantitative estimate of drug-likeness (QED) is 0.766. The van der Waals surface area contributed by atoms with Gasteiger partial charge in [-0.15, -0.1) is 0 Å². The van der Waals surface area contributed by atoms with Gasteiger partial charge < -0.3 is 15.4 Å². The fraction of sp³-hybridized carbons (Fsp3) is 0.250. The van der Waals surface area contributed by atoms with Crippen LogP contribution >= 0.6 is 0 Å². The number of carbonyl (C=O) groups excluding carboxylic acids is 1. The molecule has 0 unspecified atom stereocenters. The molecule has 5 nitrogen and oxygen atoms in total. The van der Waals surface area contributed by atoms with Crippen molar-refractivity contribution >= 4 is 11.7 Å². The first kappa shape index (κ1) is 14.8. The molecule has 0 atom stereocenters. The Hall–Kier alpha value is -2.56. The van der Waals surface area contributed by atoms with Gasteiger partial charge in [-0.1, -0.05) is 18.2 Å². The number of ether oxygens (including phenoxy) is 1. The molecule has 1 aromatic carbocycles. The Balaban J connectivity index is 1.69. The summed E-state index contributed by atoms with van der Waals surface area (Å²) in [5, 5.41) is 5.77. The lowest BCUT2D eigenvalue weighted by Gasteiger charge is -2.08. The van der Waals surface area contributed by atoms with E-state index in [1.54, 1.807) is 25.4 Å². The largest absolute Gasteiger partial charge is 0.494 e. The van der Waals surface area contributed by atoms with E-state index in [1.165, 1.54) is 0 Å². The number of pyridine rings is 1. The van der Waals surface area contributed by atoms with Crippen molar-refractivity contribution in [1.29, 1.82) is 0 Å². The van der Waals surface area contributed by atoms with Crippen molar-refractivity contribution < 1.29 is 9.53 Å². The van der Waals surface area contributed by atoms with Gasteiger partial charge in [0, 0.05) is 25.4 Å². The standard InChI is InChI=1S/C16H19N3O2/c1-17-15-12-13(8-10-18-15)16(20)19-9-5-11-21-14-6-3-2-4-7-14/h2-4,6-8,10,12H,5,9,11H2,1H3,(H,17,18)(H,19,20). The maximum atomic E-state index is 11.9. The summed E-state index contributed by atoms with van der Waals surface area (Å²) < 4.78 is 5.56. The van der Waals surface area contributed by atoms with Gasteiger partial charge in [-0.2, -0.15) is 0 Å². The molecule has 0 radical (unpaired) electrons. The number of nitrogens with one attached hydrogen (secondary N) is 2. The number of aromatic nitrogens is 1. The van der Waals surface area contributed by atoms with Crippen molar-refractivity contribution in [2.75, 3.05) is 25.5 Å². The van der Waals surface area contributed by atoms with Crippen molar-refractivity contribution in [2.24, 2.45) is 0 Å². The first-order valence-electron chi connectivity index (χ1n) is 6.89. The third-order valence-corrected chi connectivity index (χ3v) is 2.90. The van der Waals surface area contributed by atoms with Gasteiger partial charge in [-0.3, -0.25) is 4.79 Å². The van der Waals surface area contributed by atoms with Gasteiger partial charge in [0.15, 0.2) is 0 Å². The normalized spacial score (nSPS) is 9.95. The minimum absolute atomic E-state index is 0.103. The van der Waals surface area contributed by atoms with E-state index in [0.717, 1.165) is 12.2 Å². The Kier molecular flexibility index (Phi) is 5.58. The van der Waals surface area contributed by atoms with Gasteiger partial charge in [-0.05, 0) is 30.7 Å². The molecule has 0 spiro atoms. The van der Waals surface area contributed by atoms with Gasteiger partial charge in [0.05, 0.1) is 6.61 Å². The van der Waals surface area contributed by atoms with Gasteiger partial charge in [0.1, 0.15) is 11.6 Å². The van der Waals surface area contributed by atoms with Crippen molar-refractivity contribution in [3.63, 3.8) is 0 Å². The van der Waals surface area contributed by atoms with Crippen molar-refractivity contribution in [1.82, 2.24) is 10.3 Å². The third-order valence-electron chi connectivity index (χ3n) is 2.90. The maximum absolute atomic E-state index is 11.9. The minimum atomic E-state index is -0.103. The number of nitrogens with zero attached hydrogens (tertiary/aromatic N) is 1. The lowest BCUT2D eigenvalue weighted by atomic mass is 10.2. The Morgan fingerprint density at radius 1 is 1.24 bits per heavy atom. The fourth-order valence-electron chi connectivity index (χ4n) is 1.79. The molecule has 0 saturated carbocycles. The third kappa shape index (κ3) is 4.80. The molecule has 2 rings (SSSR count). The average Bonchev–Trinajstić information content (AvgIpc) is 2.55. The van der Waals surface area contributed by atoms with Crippen LogP contribution in [0.4, 0.5) is 5.82 Å². The molecular weight excluding hydrogens is 266 g/mol. The molecule has 0 aliphatic carbocycles. The van der Waals surface area contributed by atoms with Gasteiger partial charge in [-0.25, -0.2) is 4.98 Å². The van der Waals surface area contributed by atoms with Crippen LogP contribution in [0, 0.1) is 0 Å². The molecule has 1 amide bonds. The van der Waals surface area contributed by atoms with Crippen molar-refractivity contribution in [3.05, 3.63) is 54.2 Å². The monoisotopic (exact) mass is 285 g/mol. The van der Waals surface area contributed by atoms with Crippen LogP contribution < -0.4 is 15.4 Å². The summed E-state index contributed by atoms with van der Waals surface area (Å²) in [4.78, 5) is 16.0. The Labute approximate surface area is 124 Å². The zero-order chi connectivity index (χ0) is 14.9. The second-order valence-electron chi connectivity index (χ2n) is 4.45. The van der Waals surface area contributed by atoms with Gasteiger partial charge in [0.25, 0.3) is 5.91 Å². The Bertz CT molecular complexity index is 573. The highest BCUT2D eigenvalue weighted by atomic mass is 16.5. The molecule has 1 aromatic heterocycles. The van der Waals surface area contributed by atoms with Crippen LogP contribution in [0.1, 0.15) is 16.8 Å². The van der Waals surface area contributed by atoms with Crippen LogP contribution in [0.15, 0.2) is 48.7 Å². The van der Waals surface area contributed by atoms with E-state index in [2.05, 4.69) is 15.6 Å². The smallest absolute Gasteiger partial charge is 0.251 e. The summed E-state index contributed by atoms with van der Waals surface area (Å²) in [6.07, 6.45) is 2.36. The van der Waals surface area contributed by atoms with Crippen LogP contribution in [-0.4, -0.2) is 31.1 Å². The second kappa shape index (κ2) is 7.89. The summed E-state index contributed by atoms with van der Waals surface area (Å²) in [5.41, 5.74) is 0.596. The maximum Gasteiger partial charge on any atom is 0.251 e. The van der Waals surface area contributed by atoms with Crippen LogP contribution in [0.3, 0.4) is 0 Å². The Morgan fingerprint density at radius 3 is 2.81 bits per heavy atom. The summed E-state index contributed by atoms with van der Waals surface area (Å²) in [6.45, 7) is 1.14. The molecular formula is C16H19N3O2. The lowest BCUT2D eigenvalue weighted by molar-refractivity contribution is 0.0951. The van der Waals surface area contributed by atoms with Gasteiger partial charge in [0.2, 0.25) is 0 Å². The first-order valence-corrected chi connectivity index (χ1v) is 6.89. The molecule has 21 heavy (non-hydrogen) atoms. The highest BCUT2D eigenvalue weighted by molar-refractivity contribution is 5.94. The van der Waals surface area contributed by atoms with E-state index in [1.807, 2.05) is 30.3 Å². The number of hydrogen-bond acceptors (Lipinski definition) is 4. The van der Waals surface area contributed by atoms with Gasteiger partial charge >= 0.3 is 0 Å². The van der Waals surface area contributed by atoms with Crippen LogP contribution in [-0.2, 0) is 0 Å². The van der Waals surface area contributed by atoms with E-state index in [0.29, 0.717) is 24.5 Å². The highest BCUT2D eigenvalue weighted by Crippen LogP contribution is 2.08. The molecule has 0 aliphatic rings.